The molecular formula is C18H21N5S. The number of nitrogens with one attached hydrogen (secondary N) is 2. The third-order valence-corrected chi connectivity index (χ3v) is 6.30. The molecule has 2 aliphatic rings. The average molecular weight is 339 g/mol. The number of fused-ring (bicyclic) bond motifs is 1. The van der Waals surface area contributed by atoms with Gasteiger partial charge in [0.1, 0.15) is 10.7 Å². The van der Waals surface area contributed by atoms with Gasteiger partial charge in [-0.2, -0.15) is 0 Å². The molecule has 24 heavy (non-hydrogen) atoms. The van der Waals surface area contributed by atoms with Gasteiger partial charge in [-0.05, 0) is 31.9 Å². The maximum atomic E-state index is 4.53. The van der Waals surface area contributed by atoms with Crippen LogP contribution in [-0.4, -0.2) is 40.1 Å². The zero-order valence-corrected chi connectivity index (χ0v) is 14.4. The number of hydrogen-bond donors (Lipinski definition) is 2. The Hall–Kier alpha value is -1.92. The molecule has 3 aromatic rings. The van der Waals surface area contributed by atoms with E-state index in [0.717, 1.165) is 30.3 Å². The lowest BCUT2D eigenvalue weighted by atomic mass is 9.88. The molecule has 2 N–H and O–H groups in total. The first-order valence-corrected chi connectivity index (χ1v) is 9.59. The van der Waals surface area contributed by atoms with E-state index in [-0.39, 0.29) is 0 Å². The molecule has 6 heteroatoms. The first-order valence-electron chi connectivity index (χ1n) is 8.71. The Labute approximate surface area is 145 Å². The van der Waals surface area contributed by atoms with E-state index in [1.807, 2.05) is 24.0 Å². The van der Waals surface area contributed by atoms with Crippen LogP contribution in [0.25, 0.3) is 21.6 Å². The predicted molar refractivity (Wildman–Crippen MR) is 98.6 cm³/mol. The Balaban J connectivity index is 1.56. The van der Waals surface area contributed by atoms with Crippen LogP contribution in [0.3, 0.4) is 0 Å². The van der Waals surface area contributed by atoms with E-state index in [1.165, 1.54) is 42.3 Å². The largest absolute Gasteiger partial charge is 0.369 e. The molecule has 5 rings (SSSR count). The van der Waals surface area contributed by atoms with Gasteiger partial charge in [-0.25, -0.2) is 9.97 Å². The number of piperidine rings is 1. The number of hydrogen-bond acceptors (Lipinski definition) is 5. The summed E-state index contributed by atoms with van der Waals surface area (Å²) < 4.78 is 0. The van der Waals surface area contributed by atoms with Gasteiger partial charge >= 0.3 is 0 Å². The lowest BCUT2D eigenvalue weighted by molar-refractivity contribution is 0.280. The SMILES string of the molecule is c1csc(-c2c[nH]c3nccc(N4CC[C@@]5(CCCCN5)C4)c23)n1. The van der Waals surface area contributed by atoms with Crippen LogP contribution in [0.4, 0.5) is 5.69 Å². The molecule has 2 saturated heterocycles. The van der Waals surface area contributed by atoms with Crippen LogP contribution in [0.5, 0.6) is 0 Å². The molecule has 0 saturated carbocycles. The van der Waals surface area contributed by atoms with Gasteiger partial charge in [0, 0.05) is 48.2 Å². The molecule has 1 atom stereocenters. The highest BCUT2D eigenvalue weighted by Gasteiger charge is 2.39. The summed E-state index contributed by atoms with van der Waals surface area (Å²) in [6, 6.07) is 2.16. The van der Waals surface area contributed by atoms with Crippen molar-refractivity contribution in [2.75, 3.05) is 24.5 Å². The molecule has 0 aliphatic carbocycles. The fraction of sp³-hybridized carbons (Fsp3) is 0.444. The predicted octanol–water partition coefficient (Wildman–Crippen LogP) is 3.41. The van der Waals surface area contributed by atoms with Gasteiger partial charge in [0.15, 0.2) is 0 Å². The van der Waals surface area contributed by atoms with Crippen molar-refractivity contribution >= 4 is 28.1 Å². The maximum absolute atomic E-state index is 4.53. The van der Waals surface area contributed by atoms with Gasteiger partial charge < -0.3 is 15.2 Å². The van der Waals surface area contributed by atoms with E-state index in [2.05, 4.69) is 31.2 Å². The molecule has 2 fully saturated rings. The molecule has 0 bridgehead atoms. The molecule has 0 unspecified atom stereocenters. The number of rotatable bonds is 2. The quantitative estimate of drug-likeness (QED) is 0.751. The van der Waals surface area contributed by atoms with E-state index < -0.39 is 0 Å². The second-order valence-electron chi connectivity index (χ2n) is 6.93. The molecule has 1 spiro atoms. The molecule has 3 aromatic heterocycles. The summed E-state index contributed by atoms with van der Waals surface area (Å²) in [4.78, 5) is 14.9. The fourth-order valence-corrected chi connectivity index (χ4v) is 4.94. The molecule has 124 valence electrons. The van der Waals surface area contributed by atoms with Crippen LogP contribution in [0, 0.1) is 0 Å². The number of aromatic nitrogens is 3. The molecule has 0 amide bonds. The second-order valence-corrected chi connectivity index (χ2v) is 7.82. The van der Waals surface area contributed by atoms with E-state index in [0.29, 0.717) is 5.54 Å². The molecule has 0 aromatic carbocycles. The van der Waals surface area contributed by atoms with Crippen molar-refractivity contribution < 1.29 is 0 Å². The minimum absolute atomic E-state index is 0.311. The summed E-state index contributed by atoms with van der Waals surface area (Å²) in [5, 5.41) is 8.10. The van der Waals surface area contributed by atoms with Gasteiger partial charge in [-0.15, -0.1) is 11.3 Å². The van der Waals surface area contributed by atoms with Gasteiger partial charge in [0.05, 0.1) is 11.1 Å². The smallest absolute Gasteiger partial charge is 0.140 e. The molecule has 0 radical (unpaired) electrons. The van der Waals surface area contributed by atoms with Crippen molar-refractivity contribution in [2.45, 2.75) is 31.2 Å². The van der Waals surface area contributed by atoms with E-state index in [9.17, 15) is 0 Å². The number of aromatic amines is 1. The Kier molecular flexibility index (Phi) is 3.35. The summed E-state index contributed by atoms with van der Waals surface area (Å²) in [5.74, 6) is 0. The van der Waals surface area contributed by atoms with Crippen LogP contribution >= 0.6 is 11.3 Å². The Morgan fingerprint density at radius 2 is 2.17 bits per heavy atom. The summed E-state index contributed by atoms with van der Waals surface area (Å²) >= 11 is 1.68. The highest BCUT2D eigenvalue weighted by atomic mass is 32.1. The van der Waals surface area contributed by atoms with Gasteiger partial charge in [0.2, 0.25) is 0 Å². The topological polar surface area (TPSA) is 56.8 Å². The van der Waals surface area contributed by atoms with Crippen LogP contribution in [0.2, 0.25) is 0 Å². The highest BCUT2D eigenvalue weighted by molar-refractivity contribution is 7.13. The van der Waals surface area contributed by atoms with E-state index >= 15 is 0 Å². The Morgan fingerprint density at radius 3 is 3.00 bits per heavy atom. The molecule has 5 nitrogen and oxygen atoms in total. The van der Waals surface area contributed by atoms with Crippen LogP contribution < -0.4 is 10.2 Å². The van der Waals surface area contributed by atoms with Crippen molar-refractivity contribution in [3.05, 3.63) is 30.0 Å². The first kappa shape index (κ1) is 14.4. The van der Waals surface area contributed by atoms with Gasteiger partial charge in [-0.1, -0.05) is 6.42 Å². The minimum Gasteiger partial charge on any atom is -0.369 e. The molecular weight excluding hydrogens is 318 g/mol. The minimum atomic E-state index is 0.311. The number of thiazole rings is 1. The molecule has 5 heterocycles. The summed E-state index contributed by atoms with van der Waals surface area (Å²) in [7, 11) is 0. The Bertz CT molecular complexity index is 848. The van der Waals surface area contributed by atoms with E-state index in [4.69, 9.17) is 0 Å². The van der Waals surface area contributed by atoms with Crippen LogP contribution in [-0.2, 0) is 0 Å². The first-order chi connectivity index (χ1) is 11.8. The highest BCUT2D eigenvalue weighted by Crippen LogP contribution is 2.39. The normalized spacial score (nSPS) is 24.2. The standard InChI is InChI=1S/C18H21N5S/c1-2-6-22-18(4-1)5-9-23(12-18)14-3-7-19-16-15(14)13(11-21-16)17-20-8-10-24-17/h3,7-8,10-11,22H,1-2,4-6,9,12H2,(H,19,21)/t18-/m0/s1. The zero-order valence-electron chi connectivity index (χ0n) is 13.6. The fourth-order valence-electron chi connectivity index (χ4n) is 4.28. The second kappa shape index (κ2) is 5.57. The van der Waals surface area contributed by atoms with Crippen molar-refractivity contribution in [3.63, 3.8) is 0 Å². The van der Waals surface area contributed by atoms with Crippen LogP contribution in [0.15, 0.2) is 30.0 Å². The average Bonchev–Trinajstić information content (AvgIpc) is 3.34. The van der Waals surface area contributed by atoms with Crippen molar-refractivity contribution in [1.29, 1.82) is 0 Å². The molecule has 2 aliphatic heterocycles. The van der Waals surface area contributed by atoms with Gasteiger partial charge in [-0.3, -0.25) is 0 Å². The van der Waals surface area contributed by atoms with Crippen molar-refractivity contribution in [3.8, 4) is 10.6 Å². The number of H-pyrrole nitrogens is 1. The summed E-state index contributed by atoms with van der Waals surface area (Å²) in [6.45, 7) is 3.36. The van der Waals surface area contributed by atoms with Gasteiger partial charge in [0.25, 0.3) is 0 Å². The third-order valence-electron chi connectivity index (χ3n) is 5.49. The van der Waals surface area contributed by atoms with Crippen molar-refractivity contribution in [2.24, 2.45) is 0 Å². The number of pyridine rings is 1. The van der Waals surface area contributed by atoms with Crippen molar-refractivity contribution in [1.82, 2.24) is 20.3 Å². The third kappa shape index (κ3) is 2.24. The lowest BCUT2D eigenvalue weighted by Gasteiger charge is -2.35. The number of anilines is 1. The maximum Gasteiger partial charge on any atom is 0.140 e. The lowest BCUT2D eigenvalue weighted by Crippen LogP contribution is -2.50. The Morgan fingerprint density at radius 1 is 1.17 bits per heavy atom. The monoisotopic (exact) mass is 339 g/mol. The summed E-state index contributed by atoms with van der Waals surface area (Å²) in [6.07, 6.45) is 11.0. The summed E-state index contributed by atoms with van der Waals surface area (Å²) in [5.41, 5.74) is 3.72. The van der Waals surface area contributed by atoms with Crippen LogP contribution in [0.1, 0.15) is 25.7 Å². The zero-order chi connectivity index (χ0) is 16.0. The number of nitrogens with zero attached hydrogens (tertiary/aromatic N) is 3. The van der Waals surface area contributed by atoms with E-state index in [1.54, 1.807) is 11.3 Å².